The van der Waals surface area contributed by atoms with Crippen molar-refractivity contribution < 1.29 is 8.95 Å². The highest BCUT2D eigenvalue weighted by atomic mass is 32.2. The lowest BCUT2D eigenvalue weighted by molar-refractivity contribution is -0.00639. The molecule has 26 heavy (non-hydrogen) atoms. The van der Waals surface area contributed by atoms with Crippen molar-refractivity contribution in [2.75, 3.05) is 19.0 Å². The molecule has 0 radical (unpaired) electrons. The minimum absolute atomic E-state index is 0.197. The summed E-state index contributed by atoms with van der Waals surface area (Å²) in [6.07, 6.45) is 7.05. The molecule has 3 N–H and O–H groups in total. The van der Waals surface area contributed by atoms with E-state index >= 15 is 0 Å². The van der Waals surface area contributed by atoms with Crippen LogP contribution in [0.4, 0.5) is 0 Å². The third kappa shape index (κ3) is 3.42. The number of hydrogen-bond acceptors (Lipinski definition) is 4. The summed E-state index contributed by atoms with van der Waals surface area (Å²) in [7, 11) is -2.86. The van der Waals surface area contributed by atoms with Crippen LogP contribution < -0.4 is 5.73 Å². The summed E-state index contributed by atoms with van der Waals surface area (Å²) in [6, 6.07) is 7.64. The molecule has 1 aromatic heterocycles. The first-order chi connectivity index (χ1) is 12.4. The lowest BCUT2D eigenvalue weighted by atomic mass is 9.75. The molecule has 1 aliphatic heterocycles. The van der Waals surface area contributed by atoms with E-state index in [0.29, 0.717) is 10.3 Å². The van der Waals surface area contributed by atoms with Gasteiger partial charge < -0.3 is 15.0 Å². The lowest BCUT2D eigenvalue weighted by Gasteiger charge is -2.38. The normalized spacial score (nSPS) is 23.6. The molecule has 0 spiro atoms. The van der Waals surface area contributed by atoms with Crippen LogP contribution in [0.3, 0.4) is 0 Å². The zero-order valence-electron chi connectivity index (χ0n) is 15.4. The van der Waals surface area contributed by atoms with Crippen molar-refractivity contribution in [2.45, 2.75) is 50.1 Å². The molecule has 2 heterocycles. The van der Waals surface area contributed by atoms with Crippen LogP contribution in [0.1, 0.15) is 32.6 Å². The first kappa shape index (κ1) is 18.0. The predicted octanol–water partition coefficient (Wildman–Crippen LogP) is 3.60. The van der Waals surface area contributed by atoms with E-state index in [-0.39, 0.29) is 11.8 Å². The maximum Gasteiger partial charge on any atom is 0.0741 e. The largest absolute Gasteiger partial charge is 0.381 e. The first-order valence-corrected chi connectivity index (χ1v) is 11.3. The van der Waals surface area contributed by atoms with Gasteiger partial charge in [-0.05, 0) is 67.5 Å². The average molecular weight is 376 g/mol. The standard InChI is InChI=1S/C20H29N3O2S/c1-15(21)13-26(22,24)18-5-2-16-6-9-23(19(16)12-18)14-20(17-3-4-17)7-10-25-11-8-20/h2,5-6,9,12,15,17,22H,3-4,7-8,10-11,13-14,21H2,1H3. The number of fused-ring (bicyclic) bond motifs is 1. The topological polar surface area (TPSA) is 81.1 Å². The minimum Gasteiger partial charge on any atom is -0.381 e. The lowest BCUT2D eigenvalue weighted by Crippen LogP contribution is -2.35. The molecule has 1 aliphatic carbocycles. The molecular weight excluding hydrogens is 346 g/mol. The highest BCUT2D eigenvalue weighted by Crippen LogP contribution is 2.52. The van der Waals surface area contributed by atoms with Crippen LogP contribution in [-0.2, 0) is 21.0 Å². The van der Waals surface area contributed by atoms with Gasteiger partial charge in [-0.3, -0.25) is 0 Å². The Bertz CT molecular complexity index is 891. The SMILES string of the molecule is CC(N)CS(=N)(=O)c1ccc2ccn(CC3(C4CC4)CCOCC3)c2c1. The molecular formula is C20H29N3O2S. The van der Waals surface area contributed by atoms with Crippen molar-refractivity contribution in [1.82, 2.24) is 4.57 Å². The fraction of sp³-hybridized carbons (Fsp3) is 0.600. The van der Waals surface area contributed by atoms with Crippen LogP contribution in [0, 0.1) is 16.1 Å². The van der Waals surface area contributed by atoms with Gasteiger partial charge in [0, 0.05) is 42.4 Å². The fourth-order valence-corrected chi connectivity index (χ4v) is 6.00. The summed E-state index contributed by atoms with van der Waals surface area (Å²) < 4.78 is 29.0. The number of benzene rings is 1. The van der Waals surface area contributed by atoms with Crippen molar-refractivity contribution in [2.24, 2.45) is 17.1 Å². The van der Waals surface area contributed by atoms with Crippen molar-refractivity contribution >= 4 is 20.6 Å². The highest BCUT2D eigenvalue weighted by Gasteiger charge is 2.46. The van der Waals surface area contributed by atoms with Gasteiger partial charge in [0.2, 0.25) is 0 Å². The second-order valence-electron chi connectivity index (χ2n) is 8.23. The van der Waals surface area contributed by atoms with Gasteiger partial charge in [-0.15, -0.1) is 0 Å². The Kier molecular flexibility index (Phi) is 4.61. The Balaban J connectivity index is 1.68. The number of hydrogen-bond donors (Lipinski definition) is 2. The number of ether oxygens (including phenoxy) is 1. The smallest absolute Gasteiger partial charge is 0.0741 e. The third-order valence-electron chi connectivity index (χ3n) is 6.04. The van der Waals surface area contributed by atoms with Crippen LogP contribution in [0.2, 0.25) is 0 Å². The average Bonchev–Trinajstić information content (AvgIpc) is 3.38. The zero-order valence-corrected chi connectivity index (χ0v) is 16.3. The van der Waals surface area contributed by atoms with Crippen LogP contribution in [0.15, 0.2) is 35.4 Å². The van der Waals surface area contributed by atoms with Gasteiger partial charge in [0.15, 0.2) is 0 Å². The van der Waals surface area contributed by atoms with Crippen LogP contribution in [0.5, 0.6) is 0 Å². The van der Waals surface area contributed by atoms with Crippen LogP contribution in [0.25, 0.3) is 10.9 Å². The first-order valence-electron chi connectivity index (χ1n) is 9.58. The van der Waals surface area contributed by atoms with E-state index in [0.717, 1.165) is 49.4 Å². The number of nitrogens with zero attached hydrogens (tertiary/aromatic N) is 1. The molecule has 2 aliphatic rings. The molecule has 142 valence electrons. The molecule has 2 atom stereocenters. The van der Waals surface area contributed by atoms with E-state index in [1.807, 2.05) is 18.2 Å². The number of aromatic nitrogens is 1. The predicted molar refractivity (Wildman–Crippen MR) is 105 cm³/mol. The van der Waals surface area contributed by atoms with Gasteiger partial charge in [0.1, 0.15) is 0 Å². The molecule has 1 aromatic carbocycles. The van der Waals surface area contributed by atoms with E-state index in [9.17, 15) is 4.21 Å². The molecule has 0 amide bonds. The Morgan fingerprint density at radius 1 is 1.35 bits per heavy atom. The van der Waals surface area contributed by atoms with Crippen LogP contribution >= 0.6 is 0 Å². The third-order valence-corrected chi connectivity index (χ3v) is 8.05. The molecule has 2 unspecified atom stereocenters. The van der Waals surface area contributed by atoms with Crippen molar-refractivity contribution in [3.05, 3.63) is 30.5 Å². The maximum atomic E-state index is 12.8. The fourth-order valence-electron chi connectivity index (χ4n) is 4.48. The molecule has 6 heteroatoms. The number of nitrogens with one attached hydrogen (secondary N) is 1. The second-order valence-corrected chi connectivity index (χ2v) is 10.4. The van der Waals surface area contributed by atoms with E-state index < -0.39 is 9.73 Å². The Morgan fingerprint density at radius 3 is 2.73 bits per heavy atom. The molecule has 1 saturated carbocycles. The Hall–Kier alpha value is -1.37. The van der Waals surface area contributed by atoms with Crippen molar-refractivity contribution in [3.63, 3.8) is 0 Å². The Morgan fingerprint density at radius 2 is 2.08 bits per heavy atom. The van der Waals surface area contributed by atoms with Gasteiger partial charge in [0.05, 0.1) is 15.5 Å². The molecule has 4 rings (SSSR count). The quantitative estimate of drug-likeness (QED) is 0.809. The summed E-state index contributed by atoms with van der Waals surface area (Å²) in [5.74, 6) is 1.01. The van der Waals surface area contributed by atoms with Crippen molar-refractivity contribution in [1.29, 1.82) is 4.78 Å². The van der Waals surface area contributed by atoms with Gasteiger partial charge in [-0.1, -0.05) is 6.07 Å². The summed E-state index contributed by atoms with van der Waals surface area (Å²) in [6.45, 7) is 4.51. The Labute approximate surface area is 155 Å². The van der Waals surface area contributed by atoms with Gasteiger partial charge in [-0.2, -0.15) is 0 Å². The van der Waals surface area contributed by atoms with Gasteiger partial charge >= 0.3 is 0 Å². The molecule has 0 bridgehead atoms. The van der Waals surface area contributed by atoms with E-state index in [1.165, 1.54) is 12.8 Å². The molecule has 2 fully saturated rings. The highest BCUT2D eigenvalue weighted by molar-refractivity contribution is 7.92. The second kappa shape index (κ2) is 6.66. The monoisotopic (exact) mass is 375 g/mol. The van der Waals surface area contributed by atoms with Crippen LogP contribution in [-0.4, -0.2) is 33.8 Å². The number of rotatable bonds is 6. The summed E-state index contributed by atoms with van der Waals surface area (Å²) in [4.78, 5) is 0.592. The molecule has 1 saturated heterocycles. The van der Waals surface area contributed by atoms with E-state index in [2.05, 4.69) is 16.8 Å². The van der Waals surface area contributed by atoms with Gasteiger partial charge in [0.25, 0.3) is 0 Å². The number of nitrogens with two attached hydrogens (primary N) is 1. The molecule has 2 aromatic rings. The summed E-state index contributed by atoms with van der Waals surface area (Å²) >= 11 is 0. The van der Waals surface area contributed by atoms with Gasteiger partial charge in [-0.25, -0.2) is 8.99 Å². The van der Waals surface area contributed by atoms with Crippen molar-refractivity contribution in [3.8, 4) is 0 Å². The summed E-state index contributed by atoms with van der Waals surface area (Å²) in [5.41, 5.74) is 7.21. The zero-order chi connectivity index (χ0) is 18.4. The molecule has 5 nitrogen and oxygen atoms in total. The minimum atomic E-state index is -2.86. The van der Waals surface area contributed by atoms with E-state index in [4.69, 9.17) is 15.3 Å². The van der Waals surface area contributed by atoms with E-state index in [1.54, 1.807) is 6.92 Å². The maximum absolute atomic E-state index is 12.8. The summed E-state index contributed by atoms with van der Waals surface area (Å²) in [5, 5.41) is 1.14.